The van der Waals surface area contributed by atoms with Gasteiger partial charge in [-0.2, -0.15) is 0 Å². The monoisotopic (exact) mass is 267 g/mol. The summed E-state index contributed by atoms with van der Waals surface area (Å²) in [5, 5.41) is 4.29. The van der Waals surface area contributed by atoms with Gasteiger partial charge in [-0.05, 0) is 24.7 Å². The highest BCUT2D eigenvalue weighted by molar-refractivity contribution is 6.30. The van der Waals surface area contributed by atoms with Crippen LogP contribution in [-0.4, -0.2) is 25.4 Å². The molecule has 0 radical (unpaired) electrons. The maximum atomic E-state index is 6.19. The second kappa shape index (κ2) is 4.72. The molecule has 0 aliphatic carbocycles. The van der Waals surface area contributed by atoms with Crippen LogP contribution in [0.25, 0.3) is 0 Å². The molecule has 1 aromatic rings. The lowest BCUT2D eigenvalue weighted by Gasteiger charge is -2.39. The number of hydrogen-bond donors (Lipinski definition) is 1. The van der Waals surface area contributed by atoms with Gasteiger partial charge in [0.15, 0.2) is 0 Å². The topological polar surface area (TPSA) is 30.5 Å². The van der Waals surface area contributed by atoms with Crippen molar-refractivity contribution < 1.29 is 9.47 Å². The van der Waals surface area contributed by atoms with Crippen molar-refractivity contribution in [2.24, 2.45) is 0 Å². The predicted molar refractivity (Wildman–Crippen MR) is 71.3 cm³/mol. The molecule has 2 aliphatic rings. The first kappa shape index (κ1) is 12.3. The molecule has 2 heterocycles. The van der Waals surface area contributed by atoms with E-state index in [1.165, 1.54) is 5.56 Å². The average Bonchev–Trinajstić information content (AvgIpc) is 2.79. The Hall–Kier alpha value is -0.770. The molecular weight excluding hydrogens is 250 g/mol. The number of ether oxygens (including phenoxy) is 2. The van der Waals surface area contributed by atoms with Gasteiger partial charge in [-0.3, -0.25) is 0 Å². The number of halogens is 1. The smallest absolute Gasteiger partial charge is 0.136 e. The number of rotatable bonds is 2. The highest BCUT2D eigenvalue weighted by Crippen LogP contribution is 2.43. The number of benzene rings is 1. The largest absolute Gasteiger partial charge is 0.484 e. The normalized spacial score (nSPS) is 30.2. The van der Waals surface area contributed by atoms with Gasteiger partial charge in [-0.25, -0.2) is 0 Å². The van der Waals surface area contributed by atoms with Crippen LogP contribution < -0.4 is 10.1 Å². The van der Waals surface area contributed by atoms with Gasteiger partial charge >= 0.3 is 0 Å². The Morgan fingerprint density at radius 3 is 3.11 bits per heavy atom. The Bertz CT molecular complexity index is 443. The summed E-state index contributed by atoms with van der Waals surface area (Å²) in [4.78, 5) is 0. The predicted octanol–water partition coefficient (Wildman–Crippen LogP) is 2.93. The van der Waals surface area contributed by atoms with E-state index in [1.807, 2.05) is 18.2 Å². The highest BCUT2D eigenvalue weighted by Gasteiger charge is 2.43. The molecule has 0 amide bonds. The summed E-state index contributed by atoms with van der Waals surface area (Å²) >= 11 is 6.09. The molecule has 18 heavy (non-hydrogen) atoms. The van der Waals surface area contributed by atoms with Crippen LogP contribution in [0, 0.1) is 0 Å². The summed E-state index contributed by atoms with van der Waals surface area (Å²) < 4.78 is 11.7. The van der Waals surface area contributed by atoms with Gasteiger partial charge in [0.25, 0.3) is 0 Å². The van der Waals surface area contributed by atoms with Crippen LogP contribution in [0.15, 0.2) is 18.2 Å². The first-order chi connectivity index (χ1) is 8.72. The standard InChI is InChI=1S/C14H18ClNO2/c1-2-16-12-8-14(5-6-17-9-14)18-13-4-3-10(15)7-11(12)13/h3-4,7,12,16H,2,5-6,8-9H2,1H3. The molecule has 0 saturated carbocycles. The van der Waals surface area contributed by atoms with E-state index >= 15 is 0 Å². The first-order valence-corrected chi connectivity index (χ1v) is 6.90. The zero-order valence-corrected chi connectivity index (χ0v) is 11.3. The Morgan fingerprint density at radius 2 is 2.39 bits per heavy atom. The van der Waals surface area contributed by atoms with E-state index in [0.717, 1.165) is 36.8 Å². The molecule has 1 aromatic carbocycles. The zero-order valence-electron chi connectivity index (χ0n) is 10.5. The van der Waals surface area contributed by atoms with Crippen LogP contribution in [0.4, 0.5) is 0 Å². The van der Waals surface area contributed by atoms with Gasteiger partial charge in [0.2, 0.25) is 0 Å². The molecule has 2 atom stereocenters. The molecule has 98 valence electrons. The molecule has 1 fully saturated rings. The molecule has 2 aliphatic heterocycles. The summed E-state index contributed by atoms with van der Waals surface area (Å²) in [6.07, 6.45) is 1.92. The number of nitrogens with one attached hydrogen (secondary N) is 1. The van der Waals surface area contributed by atoms with Crippen molar-refractivity contribution in [2.45, 2.75) is 31.4 Å². The van der Waals surface area contributed by atoms with E-state index in [-0.39, 0.29) is 5.60 Å². The van der Waals surface area contributed by atoms with Crippen LogP contribution in [0.2, 0.25) is 5.02 Å². The van der Waals surface area contributed by atoms with Crippen molar-refractivity contribution in [1.82, 2.24) is 5.32 Å². The Balaban J connectivity index is 1.97. The zero-order chi connectivity index (χ0) is 12.6. The Morgan fingerprint density at radius 1 is 1.50 bits per heavy atom. The van der Waals surface area contributed by atoms with Crippen molar-refractivity contribution in [1.29, 1.82) is 0 Å². The van der Waals surface area contributed by atoms with E-state index in [0.29, 0.717) is 12.6 Å². The molecule has 2 unspecified atom stereocenters. The molecule has 1 N–H and O–H groups in total. The molecule has 1 saturated heterocycles. The molecule has 3 rings (SSSR count). The first-order valence-electron chi connectivity index (χ1n) is 6.52. The van der Waals surface area contributed by atoms with Crippen LogP contribution in [0.3, 0.4) is 0 Å². The molecular formula is C14H18ClNO2. The molecule has 0 aromatic heterocycles. The summed E-state index contributed by atoms with van der Waals surface area (Å²) in [7, 11) is 0. The van der Waals surface area contributed by atoms with Crippen LogP contribution in [0.1, 0.15) is 31.4 Å². The fourth-order valence-corrected chi connectivity index (χ4v) is 3.08. The minimum absolute atomic E-state index is 0.145. The van der Waals surface area contributed by atoms with Crippen LogP contribution in [0.5, 0.6) is 5.75 Å². The van der Waals surface area contributed by atoms with Gasteiger partial charge in [-0.15, -0.1) is 0 Å². The van der Waals surface area contributed by atoms with Crippen molar-refractivity contribution in [2.75, 3.05) is 19.8 Å². The van der Waals surface area contributed by atoms with Gasteiger partial charge in [0.05, 0.1) is 13.2 Å². The second-order valence-corrected chi connectivity index (χ2v) is 5.52. The molecule has 4 heteroatoms. The third-order valence-corrected chi connectivity index (χ3v) is 4.00. The fraction of sp³-hybridized carbons (Fsp3) is 0.571. The summed E-state index contributed by atoms with van der Waals surface area (Å²) in [6, 6.07) is 6.17. The molecule has 3 nitrogen and oxygen atoms in total. The van der Waals surface area contributed by atoms with Crippen molar-refractivity contribution in [3.05, 3.63) is 28.8 Å². The average molecular weight is 268 g/mol. The lowest BCUT2D eigenvalue weighted by atomic mass is 9.86. The lowest BCUT2D eigenvalue weighted by molar-refractivity contribution is 0.0191. The minimum atomic E-state index is -0.145. The maximum absolute atomic E-state index is 6.19. The van der Waals surface area contributed by atoms with Gasteiger partial charge in [0.1, 0.15) is 11.4 Å². The minimum Gasteiger partial charge on any atom is -0.484 e. The van der Waals surface area contributed by atoms with Crippen molar-refractivity contribution >= 4 is 11.6 Å². The van der Waals surface area contributed by atoms with E-state index in [1.54, 1.807) is 0 Å². The van der Waals surface area contributed by atoms with Crippen LogP contribution in [-0.2, 0) is 4.74 Å². The van der Waals surface area contributed by atoms with E-state index in [9.17, 15) is 0 Å². The fourth-order valence-electron chi connectivity index (χ4n) is 2.90. The van der Waals surface area contributed by atoms with E-state index in [2.05, 4.69) is 12.2 Å². The molecule has 1 spiro atoms. The van der Waals surface area contributed by atoms with Gasteiger partial charge < -0.3 is 14.8 Å². The third-order valence-electron chi connectivity index (χ3n) is 3.77. The van der Waals surface area contributed by atoms with Crippen molar-refractivity contribution in [3.8, 4) is 5.75 Å². The molecule has 0 bridgehead atoms. The van der Waals surface area contributed by atoms with E-state index in [4.69, 9.17) is 21.1 Å². The van der Waals surface area contributed by atoms with Crippen LogP contribution >= 0.6 is 11.6 Å². The quantitative estimate of drug-likeness (QED) is 0.894. The number of hydrogen-bond acceptors (Lipinski definition) is 3. The SMILES string of the molecule is CCNC1CC2(CCOC2)Oc2ccc(Cl)cc21. The Kier molecular flexibility index (Phi) is 3.22. The summed E-state index contributed by atoms with van der Waals surface area (Å²) in [5.74, 6) is 0.946. The summed E-state index contributed by atoms with van der Waals surface area (Å²) in [5.41, 5.74) is 1.02. The summed E-state index contributed by atoms with van der Waals surface area (Å²) in [6.45, 7) is 4.55. The Labute approximate surface area is 112 Å². The lowest BCUT2D eigenvalue weighted by Crippen LogP contribution is -2.44. The maximum Gasteiger partial charge on any atom is 0.136 e. The second-order valence-electron chi connectivity index (χ2n) is 5.08. The van der Waals surface area contributed by atoms with Gasteiger partial charge in [0, 0.05) is 29.5 Å². The van der Waals surface area contributed by atoms with Crippen molar-refractivity contribution in [3.63, 3.8) is 0 Å². The van der Waals surface area contributed by atoms with E-state index < -0.39 is 0 Å². The van der Waals surface area contributed by atoms with Gasteiger partial charge in [-0.1, -0.05) is 18.5 Å². The number of fused-ring (bicyclic) bond motifs is 1. The highest BCUT2D eigenvalue weighted by atomic mass is 35.5. The third kappa shape index (κ3) is 2.11.